The standard InChI is InChI=1S/C21H22N4O3S2/c1-12-5-4-6-16(13(12)2)23-20-24-25-21(30-20)29-14(3)19(26)22-15-7-8-17-18(11-15)28-10-9-27-17/h4-8,11,14H,9-10H2,1-3H3,(H,22,26)(H,23,24)/t14-/m1/s1. The molecule has 30 heavy (non-hydrogen) atoms. The van der Waals surface area contributed by atoms with Crippen molar-refractivity contribution in [2.24, 2.45) is 0 Å². The van der Waals surface area contributed by atoms with E-state index in [0.717, 1.165) is 10.0 Å². The zero-order chi connectivity index (χ0) is 21.1. The summed E-state index contributed by atoms with van der Waals surface area (Å²) in [6, 6.07) is 11.5. The molecule has 0 fully saturated rings. The van der Waals surface area contributed by atoms with Gasteiger partial charge in [0.2, 0.25) is 11.0 Å². The van der Waals surface area contributed by atoms with Crippen LogP contribution in [0.4, 0.5) is 16.5 Å². The summed E-state index contributed by atoms with van der Waals surface area (Å²) in [6.45, 7) is 7.03. The van der Waals surface area contributed by atoms with Crippen LogP contribution in [-0.2, 0) is 4.79 Å². The minimum absolute atomic E-state index is 0.115. The van der Waals surface area contributed by atoms with Crippen molar-refractivity contribution in [1.82, 2.24) is 10.2 Å². The predicted molar refractivity (Wildman–Crippen MR) is 120 cm³/mol. The predicted octanol–water partition coefficient (Wildman–Crippen LogP) is 4.79. The van der Waals surface area contributed by atoms with Crippen LogP contribution in [0.1, 0.15) is 18.1 Å². The van der Waals surface area contributed by atoms with Crippen molar-refractivity contribution in [3.05, 3.63) is 47.5 Å². The summed E-state index contributed by atoms with van der Waals surface area (Å²) in [4.78, 5) is 12.6. The number of nitrogens with one attached hydrogen (secondary N) is 2. The number of anilines is 3. The van der Waals surface area contributed by atoms with Gasteiger partial charge in [0.05, 0.1) is 5.25 Å². The van der Waals surface area contributed by atoms with Gasteiger partial charge in [0, 0.05) is 17.4 Å². The van der Waals surface area contributed by atoms with E-state index < -0.39 is 0 Å². The number of thioether (sulfide) groups is 1. The SMILES string of the molecule is Cc1cccc(Nc2nnc(S[C@H](C)C(=O)Nc3ccc4c(c3)OCCO4)s2)c1C. The molecule has 1 amide bonds. The highest BCUT2D eigenvalue weighted by Crippen LogP contribution is 2.34. The second-order valence-electron chi connectivity index (χ2n) is 6.85. The van der Waals surface area contributed by atoms with Crippen molar-refractivity contribution in [2.75, 3.05) is 23.8 Å². The Labute approximate surface area is 183 Å². The third kappa shape index (κ3) is 4.68. The normalized spacial score (nSPS) is 13.6. The van der Waals surface area contributed by atoms with Crippen molar-refractivity contribution in [1.29, 1.82) is 0 Å². The molecular formula is C21H22N4O3S2. The van der Waals surface area contributed by atoms with Gasteiger partial charge in [-0.1, -0.05) is 35.2 Å². The lowest BCUT2D eigenvalue weighted by atomic mass is 10.1. The lowest BCUT2D eigenvalue weighted by Crippen LogP contribution is -2.22. The van der Waals surface area contributed by atoms with Crippen LogP contribution in [0.15, 0.2) is 40.7 Å². The Bertz CT molecular complexity index is 1070. The molecule has 2 heterocycles. The largest absolute Gasteiger partial charge is 0.486 e. The van der Waals surface area contributed by atoms with Gasteiger partial charge in [-0.3, -0.25) is 4.79 Å². The van der Waals surface area contributed by atoms with E-state index in [2.05, 4.69) is 40.7 Å². The fourth-order valence-corrected chi connectivity index (χ4v) is 4.79. The minimum atomic E-state index is -0.334. The summed E-state index contributed by atoms with van der Waals surface area (Å²) in [7, 11) is 0. The number of ether oxygens (including phenoxy) is 2. The first-order chi connectivity index (χ1) is 14.5. The maximum Gasteiger partial charge on any atom is 0.237 e. The average molecular weight is 443 g/mol. The number of hydrogen-bond acceptors (Lipinski definition) is 8. The third-order valence-corrected chi connectivity index (χ3v) is 6.73. The van der Waals surface area contributed by atoms with E-state index in [1.165, 1.54) is 34.2 Å². The molecule has 1 atom stereocenters. The number of carbonyl (C=O) groups excluding carboxylic acids is 1. The number of carbonyl (C=O) groups is 1. The van der Waals surface area contributed by atoms with Crippen LogP contribution in [0.3, 0.4) is 0 Å². The second kappa shape index (κ2) is 8.93. The quantitative estimate of drug-likeness (QED) is 0.531. The summed E-state index contributed by atoms with van der Waals surface area (Å²) in [5, 5.41) is 15.0. The number of benzene rings is 2. The molecule has 0 radical (unpaired) electrons. The van der Waals surface area contributed by atoms with Crippen LogP contribution in [0.5, 0.6) is 11.5 Å². The molecule has 0 spiro atoms. The molecule has 0 unspecified atom stereocenters. The van der Waals surface area contributed by atoms with E-state index in [-0.39, 0.29) is 11.2 Å². The molecule has 1 aliphatic rings. The maximum atomic E-state index is 12.6. The number of hydrogen-bond donors (Lipinski definition) is 2. The maximum absolute atomic E-state index is 12.6. The van der Waals surface area contributed by atoms with Crippen LogP contribution in [0, 0.1) is 13.8 Å². The Morgan fingerprint density at radius 1 is 1.13 bits per heavy atom. The van der Waals surface area contributed by atoms with Crippen LogP contribution >= 0.6 is 23.1 Å². The Hall–Kier alpha value is -2.78. The van der Waals surface area contributed by atoms with E-state index in [0.29, 0.717) is 35.5 Å². The number of nitrogens with zero attached hydrogens (tertiary/aromatic N) is 2. The van der Waals surface area contributed by atoms with Gasteiger partial charge < -0.3 is 20.1 Å². The smallest absolute Gasteiger partial charge is 0.237 e. The number of aromatic nitrogens is 2. The van der Waals surface area contributed by atoms with Gasteiger partial charge >= 0.3 is 0 Å². The van der Waals surface area contributed by atoms with Crippen LogP contribution in [0.2, 0.25) is 0 Å². The number of fused-ring (bicyclic) bond motifs is 1. The molecule has 7 nitrogen and oxygen atoms in total. The summed E-state index contributed by atoms with van der Waals surface area (Å²) >= 11 is 2.80. The van der Waals surface area contributed by atoms with E-state index in [4.69, 9.17) is 9.47 Å². The van der Waals surface area contributed by atoms with E-state index >= 15 is 0 Å². The highest BCUT2D eigenvalue weighted by atomic mass is 32.2. The number of aryl methyl sites for hydroxylation is 1. The first kappa shape index (κ1) is 20.5. The molecule has 9 heteroatoms. The van der Waals surface area contributed by atoms with Gasteiger partial charge in [-0.15, -0.1) is 10.2 Å². The zero-order valence-corrected chi connectivity index (χ0v) is 18.5. The molecule has 4 rings (SSSR count). The van der Waals surface area contributed by atoms with Crippen molar-refractivity contribution >= 4 is 45.5 Å². The molecule has 0 saturated carbocycles. The van der Waals surface area contributed by atoms with Gasteiger partial charge in [0.1, 0.15) is 13.2 Å². The molecule has 1 aromatic heterocycles. The lowest BCUT2D eigenvalue weighted by molar-refractivity contribution is -0.115. The van der Waals surface area contributed by atoms with Gasteiger partial charge in [0.25, 0.3) is 0 Å². The van der Waals surface area contributed by atoms with Crippen LogP contribution < -0.4 is 20.1 Å². The Morgan fingerprint density at radius 3 is 2.77 bits per heavy atom. The average Bonchev–Trinajstić information content (AvgIpc) is 3.18. The third-order valence-electron chi connectivity index (χ3n) is 4.71. The molecule has 0 bridgehead atoms. The van der Waals surface area contributed by atoms with Crippen molar-refractivity contribution in [2.45, 2.75) is 30.4 Å². The van der Waals surface area contributed by atoms with Crippen LogP contribution in [-0.4, -0.2) is 34.6 Å². The van der Waals surface area contributed by atoms with Gasteiger partial charge in [-0.2, -0.15) is 0 Å². The monoisotopic (exact) mass is 442 g/mol. The Morgan fingerprint density at radius 2 is 1.93 bits per heavy atom. The zero-order valence-electron chi connectivity index (χ0n) is 16.9. The number of rotatable bonds is 6. The topological polar surface area (TPSA) is 85.4 Å². The van der Waals surface area contributed by atoms with Gasteiger partial charge in [0.15, 0.2) is 15.8 Å². The molecule has 156 valence electrons. The van der Waals surface area contributed by atoms with Crippen LogP contribution in [0.25, 0.3) is 0 Å². The van der Waals surface area contributed by atoms with Crippen molar-refractivity contribution in [3.63, 3.8) is 0 Å². The molecule has 2 N–H and O–H groups in total. The first-order valence-electron chi connectivity index (χ1n) is 9.53. The molecule has 1 aliphatic heterocycles. The summed E-state index contributed by atoms with van der Waals surface area (Å²) < 4.78 is 11.8. The van der Waals surface area contributed by atoms with Crippen molar-refractivity contribution in [3.8, 4) is 11.5 Å². The fourth-order valence-electron chi connectivity index (χ4n) is 2.88. The summed E-state index contributed by atoms with van der Waals surface area (Å²) in [5.74, 6) is 1.22. The minimum Gasteiger partial charge on any atom is -0.486 e. The van der Waals surface area contributed by atoms with E-state index in [9.17, 15) is 4.79 Å². The van der Waals surface area contributed by atoms with Gasteiger partial charge in [-0.25, -0.2) is 0 Å². The Balaban J connectivity index is 1.36. The van der Waals surface area contributed by atoms with Crippen molar-refractivity contribution < 1.29 is 14.3 Å². The fraction of sp³-hybridized carbons (Fsp3) is 0.286. The molecule has 0 saturated heterocycles. The van der Waals surface area contributed by atoms with E-state index in [1.807, 2.05) is 19.1 Å². The molecule has 3 aromatic rings. The molecular weight excluding hydrogens is 420 g/mol. The second-order valence-corrected chi connectivity index (χ2v) is 9.42. The highest BCUT2D eigenvalue weighted by Gasteiger charge is 2.19. The van der Waals surface area contributed by atoms with E-state index in [1.54, 1.807) is 18.2 Å². The first-order valence-corrected chi connectivity index (χ1v) is 11.2. The summed E-state index contributed by atoms with van der Waals surface area (Å²) in [6.07, 6.45) is 0. The lowest BCUT2D eigenvalue weighted by Gasteiger charge is -2.19. The summed E-state index contributed by atoms with van der Waals surface area (Å²) in [5.41, 5.74) is 4.07. The van der Waals surface area contributed by atoms with Gasteiger partial charge in [-0.05, 0) is 50.1 Å². The highest BCUT2D eigenvalue weighted by molar-refractivity contribution is 8.02. The number of amides is 1. The molecule has 2 aromatic carbocycles. The molecule has 0 aliphatic carbocycles. The Kier molecular flexibility index (Phi) is 6.10.